The van der Waals surface area contributed by atoms with E-state index in [4.69, 9.17) is 15.0 Å². The predicted molar refractivity (Wildman–Crippen MR) is 266 cm³/mol. The van der Waals surface area contributed by atoms with Crippen molar-refractivity contribution in [2.45, 2.75) is 66.7 Å². The molecule has 1 unspecified atom stereocenters. The van der Waals surface area contributed by atoms with Crippen molar-refractivity contribution in [1.82, 2.24) is 38.6 Å². The third kappa shape index (κ3) is 6.88. The molecule has 0 saturated heterocycles. The number of aryl methyl sites for hydroxylation is 6. The first kappa shape index (κ1) is 40.1. The minimum atomic E-state index is 0.312. The number of pyridine rings is 4. The Balaban J connectivity index is 0.860. The van der Waals surface area contributed by atoms with Crippen LogP contribution in [0.5, 0.6) is 0 Å². The van der Waals surface area contributed by atoms with Gasteiger partial charge in [-0.15, -0.1) is 0 Å². The lowest BCUT2D eigenvalue weighted by Gasteiger charge is -2.16. The fourth-order valence-electron chi connectivity index (χ4n) is 10.3. The predicted octanol–water partition coefficient (Wildman–Crippen LogP) is 13.6. The van der Waals surface area contributed by atoms with Crippen molar-refractivity contribution in [2.75, 3.05) is 0 Å². The topological polar surface area (TPSA) is 79.2 Å². The van der Waals surface area contributed by atoms with Crippen LogP contribution in [0.25, 0.3) is 83.7 Å². The van der Waals surface area contributed by atoms with Crippen LogP contribution in [0.1, 0.15) is 64.8 Å². The summed E-state index contributed by atoms with van der Waals surface area (Å²) < 4.78 is 6.81. The molecule has 0 aliphatic rings. The summed E-state index contributed by atoms with van der Waals surface area (Å²) in [7, 11) is 0. The van der Waals surface area contributed by atoms with E-state index in [9.17, 15) is 0 Å². The molecule has 65 heavy (non-hydrogen) atoms. The highest BCUT2D eigenvalue weighted by Crippen LogP contribution is 2.37. The standard InChI is InChI=1S/C57H50N8/c1-7-41(17-14-40-15-18-42(19-16-40)57-61-29-30-63(57)56-38(5)31-35(2)32-39(56)6)47-24-25-51-55(62-47)54-50(13-10-28-60-54)65(51)44-21-23-46(37(4)34-44)45-22-20-43(33-36(45)3)64-48-11-8-26-58-52(48)53-49(64)12-9-27-59-53/h8-13,15-16,18-34,41H,7,14,17H2,1-6H3. The minimum absolute atomic E-state index is 0.312. The van der Waals surface area contributed by atoms with Crippen LogP contribution in [0, 0.1) is 34.6 Å². The monoisotopic (exact) mass is 846 g/mol. The van der Waals surface area contributed by atoms with Crippen molar-refractivity contribution in [2.24, 2.45) is 0 Å². The smallest absolute Gasteiger partial charge is 0.144 e. The second kappa shape index (κ2) is 16.1. The van der Waals surface area contributed by atoms with Crippen LogP contribution < -0.4 is 0 Å². The Labute approximate surface area is 379 Å². The summed E-state index contributed by atoms with van der Waals surface area (Å²) >= 11 is 0. The molecule has 8 heteroatoms. The van der Waals surface area contributed by atoms with Gasteiger partial charge in [0.05, 0.1) is 27.8 Å². The maximum Gasteiger partial charge on any atom is 0.144 e. The maximum absolute atomic E-state index is 5.40. The molecule has 7 heterocycles. The second-order valence-electron chi connectivity index (χ2n) is 17.6. The second-order valence-corrected chi connectivity index (χ2v) is 17.6. The van der Waals surface area contributed by atoms with Crippen molar-refractivity contribution >= 4 is 44.1 Å². The molecule has 7 aromatic heterocycles. The average molecular weight is 847 g/mol. The summed E-state index contributed by atoms with van der Waals surface area (Å²) in [5.41, 5.74) is 23.4. The number of hydrogen-bond acceptors (Lipinski definition) is 5. The average Bonchev–Trinajstić information content (AvgIpc) is 4.02. The molecule has 8 nitrogen and oxygen atoms in total. The van der Waals surface area contributed by atoms with Gasteiger partial charge in [-0.1, -0.05) is 61.0 Å². The number of hydrogen-bond donors (Lipinski definition) is 0. The first-order chi connectivity index (χ1) is 31.7. The van der Waals surface area contributed by atoms with Crippen LogP contribution in [0.15, 0.2) is 152 Å². The number of imidazole rings is 1. The van der Waals surface area contributed by atoms with Crippen LogP contribution in [0.2, 0.25) is 0 Å². The Morgan fingerprint density at radius 2 is 1.05 bits per heavy atom. The maximum atomic E-state index is 5.40. The highest BCUT2D eigenvalue weighted by Gasteiger charge is 2.21. The number of rotatable bonds is 10. The number of aromatic nitrogens is 8. The molecular formula is C57H50N8. The van der Waals surface area contributed by atoms with Crippen molar-refractivity contribution < 1.29 is 0 Å². The van der Waals surface area contributed by atoms with E-state index >= 15 is 0 Å². The van der Waals surface area contributed by atoms with Crippen LogP contribution in [0.4, 0.5) is 0 Å². The van der Waals surface area contributed by atoms with Crippen LogP contribution in [-0.2, 0) is 6.42 Å². The van der Waals surface area contributed by atoms with E-state index in [1.54, 1.807) is 0 Å². The normalized spacial score (nSPS) is 12.3. The van der Waals surface area contributed by atoms with E-state index in [1.165, 1.54) is 50.2 Å². The van der Waals surface area contributed by atoms with Gasteiger partial charge in [-0.3, -0.25) is 19.5 Å². The lowest BCUT2D eigenvalue weighted by atomic mass is 9.93. The first-order valence-electron chi connectivity index (χ1n) is 22.6. The highest BCUT2D eigenvalue weighted by molar-refractivity contribution is 6.05. The van der Waals surface area contributed by atoms with E-state index in [2.05, 4.69) is 175 Å². The molecule has 0 aliphatic carbocycles. The zero-order chi connectivity index (χ0) is 44.3. The number of fused-ring (bicyclic) bond motifs is 6. The summed E-state index contributed by atoms with van der Waals surface area (Å²) in [6, 6.07) is 43.8. The number of benzene rings is 4. The third-order valence-corrected chi connectivity index (χ3v) is 13.3. The summed E-state index contributed by atoms with van der Waals surface area (Å²) in [6.07, 6.45) is 12.5. The fourth-order valence-corrected chi connectivity index (χ4v) is 10.3. The van der Waals surface area contributed by atoms with Gasteiger partial charge < -0.3 is 9.13 Å². The van der Waals surface area contributed by atoms with Gasteiger partial charge in [-0.25, -0.2) is 9.97 Å². The van der Waals surface area contributed by atoms with Crippen molar-refractivity contribution in [3.8, 4) is 39.6 Å². The van der Waals surface area contributed by atoms with Gasteiger partial charge in [0.15, 0.2) is 0 Å². The zero-order valence-corrected chi connectivity index (χ0v) is 37.7. The van der Waals surface area contributed by atoms with E-state index in [0.717, 1.165) is 91.9 Å². The molecule has 0 N–H and O–H groups in total. The fraction of sp³-hybridized carbons (Fsp3) is 0.175. The molecule has 0 spiro atoms. The molecule has 4 aromatic carbocycles. The molecular weight excluding hydrogens is 797 g/mol. The third-order valence-electron chi connectivity index (χ3n) is 13.3. The summed E-state index contributed by atoms with van der Waals surface area (Å²) in [5.74, 6) is 1.27. The van der Waals surface area contributed by atoms with Crippen molar-refractivity contribution in [3.05, 3.63) is 191 Å². The Morgan fingerprint density at radius 1 is 0.508 bits per heavy atom. The van der Waals surface area contributed by atoms with Gasteiger partial charge in [0.25, 0.3) is 0 Å². The zero-order valence-electron chi connectivity index (χ0n) is 37.7. The lowest BCUT2D eigenvalue weighted by Crippen LogP contribution is -2.04. The van der Waals surface area contributed by atoms with Crippen LogP contribution >= 0.6 is 0 Å². The van der Waals surface area contributed by atoms with Crippen molar-refractivity contribution in [1.29, 1.82) is 0 Å². The van der Waals surface area contributed by atoms with Crippen LogP contribution in [-0.4, -0.2) is 38.6 Å². The van der Waals surface area contributed by atoms with E-state index in [-0.39, 0.29) is 0 Å². The molecule has 318 valence electrons. The van der Waals surface area contributed by atoms with Gasteiger partial charge in [0.1, 0.15) is 27.9 Å². The summed E-state index contributed by atoms with van der Waals surface area (Å²) in [4.78, 5) is 24.5. The molecule has 0 bridgehead atoms. The van der Waals surface area contributed by atoms with Gasteiger partial charge in [0.2, 0.25) is 0 Å². The summed E-state index contributed by atoms with van der Waals surface area (Å²) in [6.45, 7) is 13.2. The molecule has 0 radical (unpaired) electrons. The van der Waals surface area contributed by atoms with Crippen molar-refractivity contribution in [3.63, 3.8) is 0 Å². The van der Waals surface area contributed by atoms with E-state index in [0.29, 0.717) is 5.92 Å². The van der Waals surface area contributed by atoms with Crippen LogP contribution in [0.3, 0.4) is 0 Å². The van der Waals surface area contributed by atoms with Gasteiger partial charge in [-0.2, -0.15) is 0 Å². The molecule has 11 rings (SSSR count). The Bertz CT molecular complexity index is 3530. The molecule has 0 aliphatic heterocycles. The Morgan fingerprint density at radius 3 is 1.58 bits per heavy atom. The molecule has 0 fully saturated rings. The first-order valence-corrected chi connectivity index (χ1v) is 22.6. The highest BCUT2D eigenvalue weighted by atomic mass is 15.1. The Hall–Kier alpha value is -7.71. The SMILES string of the molecule is CCC(CCc1ccc(-c2nccn2-c2c(C)cc(C)cc2C)cc1)c1ccc2c(n1)c1ncccc1n2-c1ccc(-c2ccc(-n3c4cccnc4c4ncccc43)cc2C)c(C)c1. The quantitative estimate of drug-likeness (QED) is 0.137. The lowest BCUT2D eigenvalue weighted by molar-refractivity contribution is 0.592. The van der Waals surface area contributed by atoms with Gasteiger partial charge >= 0.3 is 0 Å². The van der Waals surface area contributed by atoms with E-state index in [1.807, 2.05) is 43.0 Å². The van der Waals surface area contributed by atoms with Gasteiger partial charge in [0, 0.05) is 59.5 Å². The largest absolute Gasteiger partial charge is 0.306 e. The van der Waals surface area contributed by atoms with E-state index < -0.39 is 0 Å². The minimum Gasteiger partial charge on any atom is -0.306 e. The molecule has 0 saturated carbocycles. The molecule has 11 aromatic rings. The molecule has 0 amide bonds. The van der Waals surface area contributed by atoms with Gasteiger partial charge in [-0.05, 0) is 166 Å². The summed E-state index contributed by atoms with van der Waals surface area (Å²) in [5, 5.41) is 0. The Kier molecular flexibility index (Phi) is 9.95. The molecule has 1 atom stereocenters. The number of nitrogens with zero attached hydrogens (tertiary/aromatic N) is 8.